The Morgan fingerprint density at radius 2 is 1.96 bits per heavy atom. The van der Waals surface area contributed by atoms with Gasteiger partial charge in [0.25, 0.3) is 11.5 Å². The lowest BCUT2D eigenvalue weighted by Gasteiger charge is -2.24. The van der Waals surface area contributed by atoms with Crippen LogP contribution in [0.15, 0.2) is 39.8 Å². The SMILES string of the molecule is CCCN(C(=O)c1c(C)oc2ncn(CC(C)C)c(=O)c12)c1ccccc1C. The van der Waals surface area contributed by atoms with E-state index in [4.69, 9.17) is 4.42 Å². The highest BCUT2D eigenvalue weighted by Crippen LogP contribution is 2.27. The molecule has 0 N–H and O–H groups in total. The molecule has 0 bridgehead atoms. The van der Waals surface area contributed by atoms with Crippen molar-refractivity contribution < 1.29 is 9.21 Å². The van der Waals surface area contributed by atoms with Crippen LogP contribution in [0, 0.1) is 19.8 Å². The number of rotatable bonds is 6. The van der Waals surface area contributed by atoms with Gasteiger partial charge >= 0.3 is 0 Å². The van der Waals surface area contributed by atoms with Crippen LogP contribution in [0.1, 0.15) is 48.9 Å². The van der Waals surface area contributed by atoms with Gasteiger partial charge in [0.2, 0.25) is 5.71 Å². The summed E-state index contributed by atoms with van der Waals surface area (Å²) in [6, 6.07) is 7.76. The summed E-state index contributed by atoms with van der Waals surface area (Å²) in [5.74, 6) is 0.475. The molecule has 148 valence electrons. The molecule has 2 aromatic heterocycles. The van der Waals surface area contributed by atoms with Gasteiger partial charge in [-0.2, -0.15) is 0 Å². The Bertz CT molecular complexity index is 1060. The van der Waals surface area contributed by atoms with Crippen molar-refractivity contribution in [2.45, 2.75) is 47.6 Å². The Morgan fingerprint density at radius 3 is 2.61 bits per heavy atom. The lowest BCUT2D eigenvalue weighted by molar-refractivity contribution is 0.0986. The molecule has 3 aromatic rings. The summed E-state index contributed by atoms with van der Waals surface area (Å²) in [5, 5.41) is 0.264. The van der Waals surface area contributed by atoms with Gasteiger partial charge in [0, 0.05) is 18.8 Å². The number of para-hydroxylation sites is 1. The Morgan fingerprint density at radius 1 is 1.25 bits per heavy atom. The highest BCUT2D eigenvalue weighted by molar-refractivity contribution is 6.14. The van der Waals surface area contributed by atoms with Crippen LogP contribution in [-0.4, -0.2) is 22.0 Å². The molecular weight excluding hydrogens is 354 g/mol. The van der Waals surface area contributed by atoms with Gasteiger partial charge in [-0.15, -0.1) is 0 Å². The molecular formula is C22H27N3O3. The molecule has 0 saturated carbocycles. The molecule has 0 fully saturated rings. The monoisotopic (exact) mass is 381 g/mol. The number of carbonyl (C=O) groups excluding carboxylic acids is 1. The minimum Gasteiger partial charge on any atom is -0.442 e. The fourth-order valence-corrected chi connectivity index (χ4v) is 3.47. The van der Waals surface area contributed by atoms with Gasteiger partial charge in [0.05, 0.1) is 5.56 Å². The van der Waals surface area contributed by atoms with Crippen molar-refractivity contribution in [3.8, 4) is 0 Å². The number of amides is 1. The molecule has 0 spiro atoms. The third kappa shape index (κ3) is 3.59. The van der Waals surface area contributed by atoms with E-state index < -0.39 is 0 Å². The summed E-state index contributed by atoms with van der Waals surface area (Å²) in [6.07, 6.45) is 2.29. The second-order valence-corrected chi connectivity index (χ2v) is 7.55. The van der Waals surface area contributed by atoms with Crippen molar-refractivity contribution in [3.05, 3.63) is 57.8 Å². The summed E-state index contributed by atoms with van der Waals surface area (Å²) >= 11 is 0. The van der Waals surface area contributed by atoms with Crippen molar-refractivity contribution in [1.29, 1.82) is 0 Å². The zero-order valence-corrected chi connectivity index (χ0v) is 17.2. The number of benzene rings is 1. The van der Waals surface area contributed by atoms with Gasteiger partial charge in [-0.05, 0) is 37.8 Å². The molecule has 2 heterocycles. The van der Waals surface area contributed by atoms with E-state index in [9.17, 15) is 9.59 Å². The third-order valence-electron chi connectivity index (χ3n) is 4.73. The number of furan rings is 1. The van der Waals surface area contributed by atoms with Crippen molar-refractivity contribution in [2.75, 3.05) is 11.4 Å². The minimum atomic E-state index is -0.236. The lowest BCUT2D eigenvalue weighted by Crippen LogP contribution is -2.33. The van der Waals surface area contributed by atoms with Crippen LogP contribution in [0.25, 0.3) is 11.1 Å². The number of fused-ring (bicyclic) bond motifs is 1. The van der Waals surface area contributed by atoms with Crippen LogP contribution < -0.4 is 10.5 Å². The van der Waals surface area contributed by atoms with E-state index in [1.807, 2.05) is 52.0 Å². The van der Waals surface area contributed by atoms with Crippen LogP contribution in [0.4, 0.5) is 5.69 Å². The van der Waals surface area contributed by atoms with E-state index in [2.05, 4.69) is 4.98 Å². The maximum atomic E-state index is 13.6. The molecule has 0 saturated heterocycles. The zero-order valence-electron chi connectivity index (χ0n) is 17.2. The minimum absolute atomic E-state index is 0.215. The largest absolute Gasteiger partial charge is 0.442 e. The quantitative estimate of drug-likeness (QED) is 0.638. The highest BCUT2D eigenvalue weighted by atomic mass is 16.3. The van der Waals surface area contributed by atoms with Gasteiger partial charge in [0.15, 0.2) is 0 Å². The first-order valence-electron chi connectivity index (χ1n) is 9.71. The molecule has 0 unspecified atom stereocenters. The van der Waals surface area contributed by atoms with Gasteiger partial charge < -0.3 is 9.32 Å². The number of anilines is 1. The number of hydrogen-bond acceptors (Lipinski definition) is 4. The van der Waals surface area contributed by atoms with Crippen molar-refractivity contribution >= 4 is 22.7 Å². The predicted octanol–water partition coefficient (Wildman–Crippen LogP) is 4.32. The lowest BCUT2D eigenvalue weighted by atomic mass is 10.1. The number of nitrogens with zero attached hydrogens (tertiary/aromatic N) is 3. The van der Waals surface area contributed by atoms with E-state index in [0.717, 1.165) is 17.7 Å². The first-order chi connectivity index (χ1) is 13.3. The Hall–Kier alpha value is -2.89. The molecule has 1 aromatic carbocycles. The topological polar surface area (TPSA) is 68.3 Å². The van der Waals surface area contributed by atoms with Crippen molar-refractivity contribution in [3.63, 3.8) is 0 Å². The van der Waals surface area contributed by atoms with Crippen LogP contribution in [-0.2, 0) is 6.54 Å². The summed E-state index contributed by atoms with van der Waals surface area (Å²) < 4.78 is 7.24. The molecule has 1 amide bonds. The first kappa shape index (κ1) is 19.9. The molecule has 0 aliphatic carbocycles. The summed E-state index contributed by atoms with van der Waals surface area (Å²) in [5.41, 5.74) is 2.13. The average Bonchev–Trinajstić information content (AvgIpc) is 2.99. The van der Waals surface area contributed by atoms with Crippen LogP contribution in [0.2, 0.25) is 0 Å². The van der Waals surface area contributed by atoms with Gasteiger partial charge in [-0.3, -0.25) is 14.2 Å². The number of aromatic nitrogens is 2. The van der Waals surface area contributed by atoms with E-state index in [1.165, 1.54) is 6.33 Å². The first-order valence-corrected chi connectivity index (χ1v) is 9.71. The van der Waals surface area contributed by atoms with Crippen molar-refractivity contribution in [2.24, 2.45) is 5.92 Å². The van der Waals surface area contributed by atoms with Crippen LogP contribution in [0.5, 0.6) is 0 Å². The van der Waals surface area contributed by atoms with E-state index in [-0.39, 0.29) is 28.5 Å². The second-order valence-electron chi connectivity index (χ2n) is 7.55. The normalized spacial score (nSPS) is 11.4. The van der Waals surface area contributed by atoms with Crippen molar-refractivity contribution in [1.82, 2.24) is 9.55 Å². The zero-order chi connectivity index (χ0) is 20.4. The van der Waals surface area contributed by atoms with Crippen LogP contribution >= 0.6 is 0 Å². The van der Waals surface area contributed by atoms with Gasteiger partial charge in [-0.1, -0.05) is 39.0 Å². The fraction of sp³-hybridized carbons (Fsp3) is 0.409. The number of aryl methyl sites for hydroxylation is 2. The predicted molar refractivity (Wildman–Crippen MR) is 111 cm³/mol. The molecule has 3 rings (SSSR count). The Labute approximate surface area is 164 Å². The summed E-state index contributed by atoms with van der Waals surface area (Å²) in [6.45, 7) is 10.9. The standard InChI is InChI=1S/C22H27N3O3/c1-6-11-25(17-10-8-7-9-15(17)4)22(27)18-16(5)28-20-19(18)21(26)24(13-23-20)12-14(2)3/h7-10,13-14H,6,11-12H2,1-5H3. The Kier molecular flexibility index (Phi) is 5.68. The molecule has 28 heavy (non-hydrogen) atoms. The molecule has 0 atom stereocenters. The molecule has 0 aliphatic rings. The summed E-state index contributed by atoms with van der Waals surface area (Å²) in [7, 11) is 0. The van der Waals surface area contributed by atoms with Crippen LogP contribution in [0.3, 0.4) is 0 Å². The molecule has 6 nitrogen and oxygen atoms in total. The summed E-state index contributed by atoms with van der Waals surface area (Å²) in [4.78, 5) is 32.6. The van der Waals surface area contributed by atoms with E-state index >= 15 is 0 Å². The maximum absolute atomic E-state index is 13.6. The smallest absolute Gasteiger partial charge is 0.265 e. The average molecular weight is 381 g/mol. The van der Waals surface area contributed by atoms with Gasteiger partial charge in [0.1, 0.15) is 17.5 Å². The second kappa shape index (κ2) is 8.00. The fourth-order valence-electron chi connectivity index (χ4n) is 3.47. The van der Waals surface area contributed by atoms with Gasteiger partial charge in [-0.25, -0.2) is 4.98 Å². The maximum Gasteiger partial charge on any atom is 0.265 e. The van der Waals surface area contributed by atoms with E-state index in [1.54, 1.807) is 16.4 Å². The third-order valence-corrected chi connectivity index (χ3v) is 4.73. The van der Waals surface area contributed by atoms with E-state index in [0.29, 0.717) is 24.4 Å². The highest BCUT2D eigenvalue weighted by Gasteiger charge is 2.28. The molecule has 0 radical (unpaired) electrons. The number of hydrogen-bond donors (Lipinski definition) is 0. The molecule has 0 aliphatic heterocycles. The number of carbonyl (C=O) groups is 1. The Balaban J connectivity index is 2.18. The molecule has 6 heteroatoms.